The Morgan fingerprint density at radius 3 is 2.27 bits per heavy atom. The van der Waals surface area contributed by atoms with Crippen LogP contribution in [-0.2, 0) is 10.0 Å². The Kier molecular flexibility index (Phi) is 5.74. The Labute approximate surface area is 155 Å². The molecule has 2 aromatic carbocycles. The Balaban J connectivity index is 1.62. The first-order valence-corrected chi connectivity index (χ1v) is 10.3. The van der Waals surface area contributed by atoms with Crippen molar-refractivity contribution >= 4 is 21.5 Å². The lowest BCUT2D eigenvalue weighted by Gasteiger charge is -2.29. The Bertz CT molecular complexity index is 840. The summed E-state index contributed by atoms with van der Waals surface area (Å²) in [5.74, 6) is 0.569. The van der Waals surface area contributed by atoms with Crippen molar-refractivity contribution in [2.24, 2.45) is 5.92 Å². The first-order chi connectivity index (χ1) is 12.5. The van der Waals surface area contributed by atoms with Gasteiger partial charge < -0.3 is 5.32 Å². The molecule has 1 saturated heterocycles. The molecule has 2 aromatic rings. The van der Waals surface area contributed by atoms with Crippen LogP contribution in [0.1, 0.15) is 30.1 Å². The zero-order valence-corrected chi connectivity index (χ0v) is 15.7. The lowest BCUT2D eigenvalue weighted by molar-refractivity contribution is 0.101. The first-order valence-electron chi connectivity index (χ1n) is 8.89. The number of sulfonamides is 1. The minimum absolute atomic E-state index is 0.00950. The van der Waals surface area contributed by atoms with E-state index < -0.39 is 10.0 Å². The molecule has 0 unspecified atom stereocenters. The van der Waals surface area contributed by atoms with Gasteiger partial charge in [0.15, 0.2) is 5.78 Å². The minimum Gasteiger partial charge on any atom is -0.378 e. The summed E-state index contributed by atoms with van der Waals surface area (Å²) in [5, 5.41) is 3.05. The smallest absolute Gasteiger partial charge is 0.243 e. The van der Waals surface area contributed by atoms with Gasteiger partial charge in [-0.2, -0.15) is 4.31 Å². The van der Waals surface area contributed by atoms with Crippen molar-refractivity contribution in [3.05, 3.63) is 60.2 Å². The predicted molar refractivity (Wildman–Crippen MR) is 103 cm³/mol. The summed E-state index contributed by atoms with van der Waals surface area (Å²) in [6.45, 7) is 3.48. The highest BCUT2D eigenvalue weighted by Gasteiger charge is 2.27. The standard InChI is InChI=1S/C20H24N2O3S/c1-16-11-13-22(14-12-16)26(24,25)19-9-7-18(8-10-19)21-15-20(23)17-5-3-2-4-6-17/h2-10,16,21H,11-15H2,1H3. The van der Waals surface area contributed by atoms with Crippen molar-refractivity contribution in [2.75, 3.05) is 25.0 Å². The summed E-state index contributed by atoms with van der Waals surface area (Å²) in [7, 11) is -3.44. The molecule has 138 valence electrons. The highest BCUT2D eigenvalue weighted by molar-refractivity contribution is 7.89. The Morgan fingerprint density at radius 1 is 1.04 bits per heavy atom. The summed E-state index contributed by atoms with van der Waals surface area (Å²) >= 11 is 0. The van der Waals surface area contributed by atoms with Gasteiger partial charge in [-0.15, -0.1) is 0 Å². The van der Waals surface area contributed by atoms with Gasteiger partial charge in [-0.25, -0.2) is 8.42 Å². The third-order valence-corrected chi connectivity index (χ3v) is 6.70. The maximum atomic E-state index is 12.7. The fourth-order valence-electron chi connectivity index (χ4n) is 3.03. The molecular weight excluding hydrogens is 348 g/mol. The molecule has 1 aliphatic heterocycles. The number of nitrogens with one attached hydrogen (secondary N) is 1. The number of hydrogen-bond acceptors (Lipinski definition) is 4. The van der Waals surface area contributed by atoms with E-state index in [2.05, 4.69) is 12.2 Å². The fraction of sp³-hybridized carbons (Fsp3) is 0.350. The van der Waals surface area contributed by atoms with Gasteiger partial charge in [0.1, 0.15) is 0 Å². The van der Waals surface area contributed by atoms with Crippen LogP contribution < -0.4 is 5.32 Å². The molecule has 5 nitrogen and oxygen atoms in total. The number of ketones is 1. The van der Waals surface area contributed by atoms with Gasteiger partial charge >= 0.3 is 0 Å². The van der Waals surface area contributed by atoms with Crippen molar-refractivity contribution in [1.29, 1.82) is 0 Å². The number of nitrogens with zero attached hydrogens (tertiary/aromatic N) is 1. The van der Waals surface area contributed by atoms with E-state index in [1.54, 1.807) is 40.7 Å². The van der Waals surface area contributed by atoms with E-state index in [-0.39, 0.29) is 12.3 Å². The van der Waals surface area contributed by atoms with Gasteiger partial charge in [-0.3, -0.25) is 4.79 Å². The third kappa shape index (κ3) is 4.31. The predicted octanol–water partition coefficient (Wildman–Crippen LogP) is 3.40. The first kappa shape index (κ1) is 18.6. The van der Waals surface area contributed by atoms with Crippen molar-refractivity contribution in [3.8, 4) is 0 Å². The highest BCUT2D eigenvalue weighted by atomic mass is 32.2. The van der Waals surface area contributed by atoms with E-state index in [4.69, 9.17) is 0 Å². The largest absolute Gasteiger partial charge is 0.378 e. The van der Waals surface area contributed by atoms with Crippen LogP contribution in [0, 0.1) is 5.92 Å². The number of hydrogen-bond donors (Lipinski definition) is 1. The SMILES string of the molecule is CC1CCN(S(=O)(=O)c2ccc(NCC(=O)c3ccccc3)cc2)CC1. The number of benzene rings is 2. The molecule has 0 radical (unpaired) electrons. The van der Waals surface area contributed by atoms with Crippen LogP contribution in [0.3, 0.4) is 0 Å². The number of rotatable bonds is 6. The number of carbonyl (C=O) groups excluding carboxylic acids is 1. The van der Waals surface area contributed by atoms with Crippen LogP contribution in [0.2, 0.25) is 0 Å². The normalized spacial score (nSPS) is 16.3. The maximum Gasteiger partial charge on any atom is 0.243 e. The van der Waals surface area contributed by atoms with E-state index in [0.717, 1.165) is 18.5 Å². The van der Waals surface area contributed by atoms with Gasteiger partial charge in [-0.05, 0) is 43.0 Å². The van der Waals surface area contributed by atoms with E-state index in [9.17, 15) is 13.2 Å². The molecule has 1 heterocycles. The molecule has 1 N–H and O–H groups in total. The molecule has 1 aliphatic rings. The molecule has 3 rings (SSSR count). The van der Waals surface area contributed by atoms with Gasteiger partial charge in [0.05, 0.1) is 11.4 Å². The van der Waals surface area contributed by atoms with Gasteiger partial charge in [0.2, 0.25) is 10.0 Å². The van der Waals surface area contributed by atoms with Gasteiger partial charge in [0.25, 0.3) is 0 Å². The third-order valence-electron chi connectivity index (χ3n) is 4.78. The minimum atomic E-state index is -3.44. The van der Waals surface area contributed by atoms with E-state index in [1.165, 1.54) is 0 Å². The van der Waals surface area contributed by atoms with Crippen LogP contribution >= 0.6 is 0 Å². The Morgan fingerprint density at radius 2 is 1.65 bits per heavy atom. The maximum absolute atomic E-state index is 12.7. The van der Waals surface area contributed by atoms with Crippen LogP contribution in [-0.4, -0.2) is 38.1 Å². The number of carbonyl (C=O) groups is 1. The molecule has 0 bridgehead atoms. The zero-order chi connectivity index (χ0) is 18.6. The van der Waals surface area contributed by atoms with Crippen LogP contribution in [0.25, 0.3) is 0 Å². The van der Waals surface area contributed by atoms with Crippen LogP contribution in [0.5, 0.6) is 0 Å². The van der Waals surface area contributed by atoms with Crippen molar-refractivity contribution in [3.63, 3.8) is 0 Å². The van der Waals surface area contributed by atoms with E-state index in [0.29, 0.717) is 29.5 Å². The molecule has 6 heteroatoms. The zero-order valence-electron chi connectivity index (χ0n) is 14.9. The second-order valence-electron chi connectivity index (χ2n) is 6.75. The van der Waals surface area contributed by atoms with Gasteiger partial charge in [-0.1, -0.05) is 37.3 Å². The van der Waals surface area contributed by atoms with E-state index in [1.807, 2.05) is 18.2 Å². The lowest BCUT2D eigenvalue weighted by atomic mass is 10.0. The molecule has 1 fully saturated rings. The topological polar surface area (TPSA) is 66.5 Å². The molecule has 0 aromatic heterocycles. The van der Waals surface area contributed by atoms with Crippen LogP contribution in [0.15, 0.2) is 59.5 Å². The molecule has 0 spiro atoms. The summed E-state index contributed by atoms with van der Waals surface area (Å²) in [4.78, 5) is 12.4. The summed E-state index contributed by atoms with van der Waals surface area (Å²) in [6, 6.07) is 15.7. The van der Waals surface area contributed by atoms with Crippen molar-refractivity contribution < 1.29 is 13.2 Å². The lowest BCUT2D eigenvalue weighted by Crippen LogP contribution is -2.37. The van der Waals surface area contributed by atoms with Crippen molar-refractivity contribution in [2.45, 2.75) is 24.7 Å². The molecule has 0 amide bonds. The Hall–Kier alpha value is -2.18. The molecule has 0 aliphatic carbocycles. The summed E-state index contributed by atoms with van der Waals surface area (Å²) in [6.07, 6.45) is 1.81. The molecule has 0 atom stereocenters. The summed E-state index contributed by atoms with van der Waals surface area (Å²) < 4.78 is 27.0. The quantitative estimate of drug-likeness (QED) is 0.789. The fourth-order valence-corrected chi connectivity index (χ4v) is 4.50. The number of Topliss-reactive ketones (excluding diaryl/α,β-unsaturated/α-hetero) is 1. The monoisotopic (exact) mass is 372 g/mol. The number of anilines is 1. The van der Waals surface area contributed by atoms with Crippen LogP contribution in [0.4, 0.5) is 5.69 Å². The molecule has 26 heavy (non-hydrogen) atoms. The van der Waals surface area contributed by atoms with Gasteiger partial charge in [0, 0.05) is 24.3 Å². The summed E-state index contributed by atoms with van der Waals surface area (Å²) in [5.41, 5.74) is 1.37. The second-order valence-corrected chi connectivity index (χ2v) is 8.69. The van der Waals surface area contributed by atoms with Crippen molar-refractivity contribution in [1.82, 2.24) is 4.31 Å². The highest BCUT2D eigenvalue weighted by Crippen LogP contribution is 2.24. The average molecular weight is 372 g/mol. The molecule has 0 saturated carbocycles. The number of piperidine rings is 1. The van der Waals surface area contributed by atoms with E-state index >= 15 is 0 Å². The molecular formula is C20H24N2O3S. The second kappa shape index (κ2) is 8.01. The average Bonchev–Trinajstić information content (AvgIpc) is 2.67.